The van der Waals surface area contributed by atoms with Crippen molar-refractivity contribution >= 4 is 17.8 Å². The van der Waals surface area contributed by atoms with Gasteiger partial charge in [-0.1, -0.05) is 60.6 Å². The van der Waals surface area contributed by atoms with Crippen molar-refractivity contribution in [1.29, 1.82) is 0 Å². The summed E-state index contributed by atoms with van der Waals surface area (Å²) in [7, 11) is 0. The summed E-state index contributed by atoms with van der Waals surface area (Å²) >= 11 is 0. The molecule has 0 aromatic carbocycles. The van der Waals surface area contributed by atoms with Crippen molar-refractivity contribution in [3.63, 3.8) is 0 Å². The van der Waals surface area contributed by atoms with Gasteiger partial charge < -0.3 is 15.2 Å². The van der Waals surface area contributed by atoms with E-state index in [9.17, 15) is 19.5 Å². The van der Waals surface area contributed by atoms with E-state index in [-0.39, 0.29) is 52.0 Å². The van der Waals surface area contributed by atoms with Crippen molar-refractivity contribution in [2.75, 3.05) is 0 Å². The van der Waals surface area contributed by atoms with Crippen LogP contribution in [0.1, 0.15) is 145 Å². The highest BCUT2D eigenvalue weighted by atomic mass is 16.5. The van der Waals surface area contributed by atoms with Crippen LogP contribution in [0, 0.1) is 62.1 Å². The van der Waals surface area contributed by atoms with Crippen LogP contribution in [0.15, 0.2) is 12.2 Å². The first-order valence-electron chi connectivity index (χ1n) is 18.7. The molecule has 0 spiro atoms. The van der Waals surface area contributed by atoms with E-state index in [2.05, 4.69) is 53.4 Å². The summed E-state index contributed by atoms with van der Waals surface area (Å²) in [4.78, 5) is 38.6. The fourth-order valence-electron chi connectivity index (χ4n) is 13.3. The Labute approximate surface area is 278 Å². The van der Waals surface area contributed by atoms with Crippen LogP contribution in [-0.4, -0.2) is 35.1 Å². The Bertz CT molecular complexity index is 1280. The summed E-state index contributed by atoms with van der Waals surface area (Å²) in [6, 6.07) is 0.400. The van der Waals surface area contributed by atoms with Gasteiger partial charge in [-0.05, 0) is 135 Å². The number of amides is 1. The average Bonchev–Trinajstić information content (AvgIpc) is 3.65. The molecular formula is C40H63NO5. The lowest BCUT2D eigenvalue weighted by atomic mass is 9.32. The molecule has 6 aliphatic carbocycles. The van der Waals surface area contributed by atoms with Crippen molar-refractivity contribution in [2.24, 2.45) is 62.1 Å². The lowest BCUT2D eigenvalue weighted by molar-refractivity contribution is -0.249. The summed E-state index contributed by atoms with van der Waals surface area (Å²) in [6.07, 6.45) is 13.1. The minimum Gasteiger partial charge on any atom is -0.481 e. The molecule has 0 saturated heterocycles. The Morgan fingerprint density at radius 3 is 2.15 bits per heavy atom. The number of hydrogen-bond acceptors (Lipinski definition) is 4. The average molecular weight is 638 g/mol. The molecule has 3 unspecified atom stereocenters. The number of fused-ring (bicyclic) bond motifs is 7. The molecule has 10 atom stereocenters. The smallest absolute Gasteiger partial charge is 0.306 e. The van der Waals surface area contributed by atoms with Gasteiger partial charge in [-0.25, -0.2) is 0 Å². The molecule has 6 rings (SSSR count). The van der Waals surface area contributed by atoms with E-state index < -0.39 is 11.4 Å². The summed E-state index contributed by atoms with van der Waals surface area (Å²) in [5, 5.41) is 12.8. The number of hydrogen-bond donors (Lipinski definition) is 2. The first-order chi connectivity index (χ1) is 21.3. The summed E-state index contributed by atoms with van der Waals surface area (Å²) in [5.74, 6) is 1.64. The molecule has 0 aromatic heterocycles. The number of carboxylic acids is 1. The zero-order valence-corrected chi connectivity index (χ0v) is 30.2. The topological polar surface area (TPSA) is 92.7 Å². The highest BCUT2D eigenvalue weighted by Crippen LogP contribution is 2.77. The molecule has 0 radical (unpaired) electrons. The number of carbonyl (C=O) groups excluding carboxylic acids is 2. The molecule has 0 aromatic rings. The number of aliphatic carboxylic acids is 1. The normalized spacial score (nSPS) is 44.5. The van der Waals surface area contributed by atoms with E-state index in [0.717, 1.165) is 57.8 Å². The van der Waals surface area contributed by atoms with E-state index in [1.54, 1.807) is 0 Å². The fourth-order valence-corrected chi connectivity index (χ4v) is 13.3. The number of carboxylic acid groups (broad SMARTS) is 1. The number of ether oxygens (including phenoxy) is 1. The summed E-state index contributed by atoms with van der Waals surface area (Å²) in [5.41, 5.74) is 0.801. The predicted octanol–water partition coefficient (Wildman–Crippen LogP) is 8.73. The molecule has 6 heteroatoms. The number of rotatable bonds is 8. The van der Waals surface area contributed by atoms with Crippen molar-refractivity contribution in [3.05, 3.63) is 12.2 Å². The predicted molar refractivity (Wildman–Crippen MR) is 181 cm³/mol. The minimum atomic E-state index is -0.881. The lowest BCUT2D eigenvalue weighted by Gasteiger charge is -2.72. The van der Waals surface area contributed by atoms with Gasteiger partial charge in [0, 0.05) is 11.5 Å². The largest absolute Gasteiger partial charge is 0.481 e. The van der Waals surface area contributed by atoms with Gasteiger partial charge in [0.25, 0.3) is 0 Å². The maximum absolute atomic E-state index is 14.1. The van der Waals surface area contributed by atoms with Crippen LogP contribution >= 0.6 is 0 Å². The Morgan fingerprint density at radius 1 is 0.826 bits per heavy atom. The number of nitrogens with one attached hydrogen (secondary N) is 1. The van der Waals surface area contributed by atoms with E-state index in [4.69, 9.17) is 4.74 Å². The van der Waals surface area contributed by atoms with Gasteiger partial charge in [0.1, 0.15) is 6.10 Å². The summed E-state index contributed by atoms with van der Waals surface area (Å²) in [6.45, 7) is 22.9. The monoisotopic (exact) mass is 637 g/mol. The van der Waals surface area contributed by atoms with Gasteiger partial charge in [0.15, 0.2) is 0 Å². The number of carbonyl (C=O) groups is 3. The first-order valence-corrected chi connectivity index (χ1v) is 18.7. The van der Waals surface area contributed by atoms with Gasteiger partial charge in [0.2, 0.25) is 5.91 Å². The molecule has 2 N–H and O–H groups in total. The molecule has 0 bridgehead atoms. The summed E-state index contributed by atoms with van der Waals surface area (Å²) < 4.78 is 6.25. The zero-order chi connectivity index (χ0) is 33.7. The molecule has 46 heavy (non-hydrogen) atoms. The van der Waals surface area contributed by atoms with Crippen LogP contribution in [0.25, 0.3) is 0 Å². The standard InChI is InChI=1S/C40H63NO5/c1-24(2)26-14-19-40(34(45)41-25-10-11-25)21-20-38(8)27(33(26)40)12-13-29-37(7)17-16-30(36(5,6)28(37)15-18-39(29,38)9)46-32(44)23-35(3,4)22-31(42)43/h25-30,33H,1,10-23H2,2-9H3,(H,41,45)(H,42,43)/t26-,27+,28?,29?,30-,33?,37-,38+,39+,40-/m0/s1. The van der Waals surface area contributed by atoms with E-state index in [0.29, 0.717) is 41.5 Å². The van der Waals surface area contributed by atoms with Crippen LogP contribution in [0.5, 0.6) is 0 Å². The maximum Gasteiger partial charge on any atom is 0.306 e. The SMILES string of the molecule is C=C(C)[C@@H]1CC[C@]2(C(=O)NC3CC3)CC[C@]3(C)[C@H](CCC4[C@@]5(C)CC[C@H](OC(=O)CC(C)(C)CC(=O)O)C(C)(C)C5CC[C@]43C)C12. The van der Waals surface area contributed by atoms with Crippen LogP contribution in [0.3, 0.4) is 0 Å². The molecule has 1 amide bonds. The zero-order valence-electron chi connectivity index (χ0n) is 30.2. The van der Waals surface area contributed by atoms with Crippen LogP contribution in [-0.2, 0) is 19.1 Å². The highest BCUT2D eigenvalue weighted by molar-refractivity contribution is 5.84. The van der Waals surface area contributed by atoms with E-state index in [1.165, 1.54) is 24.8 Å². The molecule has 6 nitrogen and oxygen atoms in total. The van der Waals surface area contributed by atoms with Crippen LogP contribution in [0.2, 0.25) is 0 Å². The second-order valence-electron chi connectivity index (χ2n) is 19.3. The Hall–Kier alpha value is -1.85. The second kappa shape index (κ2) is 11.1. The maximum atomic E-state index is 14.1. The molecular weight excluding hydrogens is 574 g/mol. The molecule has 6 fully saturated rings. The molecule has 0 heterocycles. The Kier molecular flexibility index (Phi) is 8.20. The van der Waals surface area contributed by atoms with Crippen LogP contribution < -0.4 is 5.32 Å². The van der Waals surface area contributed by atoms with Gasteiger partial charge >= 0.3 is 11.9 Å². The van der Waals surface area contributed by atoms with E-state index >= 15 is 0 Å². The lowest BCUT2D eigenvalue weighted by Crippen LogP contribution is -2.67. The van der Waals surface area contributed by atoms with Crippen LogP contribution in [0.4, 0.5) is 0 Å². The molecule has 0 aliphatic heterocycles. The number of allylic oxidation sites excluding steroid dienone is 1. The third kappa shape index (κ3) is 5.11. The Balaban J connectivity index is 1.25. The van der Waals surface area contributed by atoms with Gasteiger partial charge in [0.05, 0.1) is 18.3 Å². The Morgan fingerprint density at radius 2 is 1.52 bits per heavy atom. The van der Waals surface area contributed by atoms with Gasteiger partial charge in [-0.15, -0.1) is 0 Å². The third-order valence-electron chi connectivity index (χ3n) is 15.9. The molecule has 6 aliphatic rings. The van der Waals surface area contributed by atoms with Crippen molar-refractivity contribution in [2.45, 2.75) is 157 Å². The highest BCUT2D eigenvalue weighted by Gasteiger charge is 2.72. The molecule has 6 saturated carbocycles. The fraction of sp³-hybridized carbons (Fsp3) is 0.875. The van der Waals surface area contributed by atoms with Crippen molar-refractivity contribution < 1.29 is 24.2 Å². The quantitative estimate of drug-likeness (QED) is 0.205. The second-order valence-corrected chi connectivity index (χ2v) is 19.3. The van der Waals surface area contributed by atoms with Gasteiger partial charge in [-0.3, -0.25) is 14.4 Å². The third-order valence-corrected chi connectivity index (χ3v) is 15.9. The van der Waals surface area contributed by atoms with E-state index in [1.807, 2.05) is 13.8 Å². The minimum absolute atomic E-state index is 0.0445. The van der Waals surface area contributed by atoms with Crippen molar-refractivity contribution in [3.8, 4) is 0 Å². The van der Waals surface area contributed by atoms with Gasteiger partial charge in [-0.2, -0.15) is 0 Å². The number of esters is 1. The molecule has 258 valence electrons. The van der Waals surface area contributed by atoms with Crippen molar-refractivity contribution in [1.82, 2.24) is 5.32 Å². The first kappa shape index (κ1) is 34.0.